The van der Waals surface area contributed by atoms with Crippen LogP contribution in [0.5, 0.6) is 0 Å². The molecule has 1 aromatic rings. The lowest BCUT2D eigenvalue weighted by atomic mass is 10.3. The molecule has 86 valence electrons. The van der Waals surface area contributed by atoms with Gasteiger partial charge in [0.25, 0.3) is 0 Å². The van der Waals surface area contributed by atoms with Gasteiger partial charge < -0.3 is 5.32 Å². The first-order chi connectivity index (χ1) is 7.58. The van der Waals surface area contributed by atoms with Crippen LogP contribution in [0.3, 0.4) is 0 Å². The first-order valence-corrected chi connectivity index (χ1v) is 6.24. The predicted molar refractivity (Wildman–Crippen MR) is 68.1 cm³/mol. The summed E-state index contributed by atoms with van der Waals surface area (Å²) in [6, 6.07) is 6.88. The van der Waals surface area contributed by atoms with Crippen molar-refractivity contribution < 1.29 is 9.59 Å². The molecule has 0 aromatic heterocycles. The van der Waals surface area contributed by atoms with Crippen molar-refractivity contribution in [3.8, 4) is 0 Å². The molecule has 0 aliphatic carbocycles. The van der Waals surface area contributed by atoms with Crippen molar-refractivity contribution in [3.63, 3.8) is 0 Å². The van der Waals surface area contributed by atoms with E-state index in [1.54, 1.807) is 24.3 Å². The lowest BCUT2D eigenvalue weighted by Crippen LogP contribution is -2.14. The quantitative estimate of drug-likeness (QED) is 0.882. The van der Waals surface area contributed by atoms with Crippen LogP contribution in [0.1, 0.15) is 6.92 Å². The summed E-state index contributed by atoms with van der Waals surface area (Å²) in [7, 11) is 0. The zero-order valence-corrected chi connectivity index (χ0v) is 10.4. The number of Topliss-reactive ketones (excluding diaryl/α,β-unsaturated/α-hetero) is 1. The van der Waals surface area contributed by atoms with E-state index >= 15 is 0 Å². The molecule has 1 aromatic carbocycles. The number of hydrogen-bond donors (Lipinski definition) is 1. The first-order valence-electron chi connectivity index (χ1n) is 4.70. The third-order valence-corrected chi connectivity index (χ3v) is 3.00. The van der Waals surface area contributed by atoms with E-state index in [1.807, 2.05) is 0 Å². The molecule has 0 saturated heterocycles. The summed E-state index contributed by atoms with van der Waals surface area (Å²) >= 11 is 7.02. The lowest BCUT2D eigenvalue weighted by molar-refractivity contribution is -0.114. The molecule has 1 amide bonds. The minimum atomic E-state index is -0.117. The van der Waals surface area contributed by atoms with Crippen LogP contribution in [-0.4, -0.2) is 23.2 Å². The fourth-order valence-electron chi connectivity index (χ4n) is 1.02. The summed E-state index contributed by atoms with van der Waals surface area (Å²) in [6.07, 6.45) is 0. The van der Waals surface area contributed by atoms with Crippen molar-refractivity contribution in [2.24, 2.45) is 0 Å². The number of rotatable bonds is 5. The molecule has 1 N–H and O–H groups in total. The zero-order valence-electron chi connectivity index (χ0n) is 8.83. The Bertz CT molecular complexity index is 378. The molecule has 0 aliphatic heterocycles. The number of carbonyl (C=O) groups is 2. The van der Waals surface area contributed by atoms with Gasteiger partial charge in [0.2, 0.25) is 5.91 Å². The Hall–Kier alpha value is -1.00. The van der Waals surface area contributed by atoms with E-state index in [0.29, 0.717) is 16.5 Å². The molecular formula is C11H12ClNO2S. The SMILES string of the molecule is CC(=O)CSCC(=O)Nc1ccc(Cl)cc1. The summed E-state index contributed by atoms with van der Waals surface area (Å²) in [5, 5.41) is 3.34. The van der Waals surface area contributed by atoms with Crippen molar-refractivity contribution in [1.82, 2.24) is 0 Å². The molecule has 0 fully saturated rings. The molecular weight excluding hydrogens is 246 g/mol. The average Bonchev–Trinajstić information content (AvgIpc) is 2.21. The molecule has 0 saturated carbocycles. The van der Waals surface area contributed by atoms with Crippen LogP contribution in [0, 0.1) is 0 Å². The van der Waals surface area contributed by atoms with E-state index in [0.717, 1.165) is 0 Å². The lowest BCUT2D eigenvalue weighted by Gasteiger charge is -2.04. The normalized spacial score (nSPS) is 9.88. The second kappa shape index (κ2) is 6.55. The van der Waals surface area contributed by atoms with E-state index < -0.39 is 0 Å². The largest absolute Gasteiger partial charge is 0.325 e. The Kier molecular flexibility index (Phi) is 5.35. The number of thioether (sulfide) groups is 1. The zero-order chi connectivity index (χ0) is 12.0. The fourth-order valence-corrected chi connectivity index (χ4v) is 1.79. The molecule has 0 aliphatic rings. The molecule has 0 spiro atoms. The van der Waals surface area contributed by atoms with Gasteiger partial charge in [-0.1, -0.05) is 11.6 Å². The molecule has 0 bridgehead atoms. The van der Waals surface area contributed by atoms with E-state index in [-0.39, 0.29) is 17.4 Å². The van der Waals surface area contributed by atoms with E-state index in [2.05, 4.69) is 5.32 Å². The second-order valence-electron chi connectivity index (χ2n) is 3.25. The summed E-state index contributed by atoms with van der Waals surface area (Å²) in [4.78, 5) is 22.1. The van der Waals surface area contributed by atoms with Gasteiger partial charge in [-0.2, -0.15) is 0 Å². The highest BCUT2D eigenvalue weighted by molar-refractivity contribution is 8.00. The number of benzene rings is 1. The van der Waals surface area contributed by atoms with Gasteiger partial charge in [-0.15, -0.1) is 11.8 Å². The maximum absolute atomic E-state index is 11.4. The Labute approximate surface area is 104 Å². The summed E-state index contributed by atoms with van der Waals surface area (Å²) < 4.78 is 0. The maximum Gasteiger partial charge on any atom is 0.234 e. The monoisotopic (exact) mass is 257 g/mol. The van der Waals surface area contributed by atoms with Crippen molar-refractivity contribution in [3.05, 3.63) is 29.3 Å². The molecule has 0 unspecified atom stereocenters. The number of amides is 1. The van der Waals surface area contributed by atoms with Gasteiger partial charge in [0.15, 0.2) is 0 Å². The Morgan fingerprint density at radius 1 is 1.25 bits per heavy atom. The minimum absolute atomic E-state index is 0.0734. The van der Waals surface area contributed by atoms with E-state index in [1.165, 1.54) is 18.7 Å². The Balaban J connectivity index is 2.34. The van der Waals surface area contributed by atoms with Crippen LogP contribution in [0.4, 0.5) is 5.69 Å². The summed E-state index contributed by atoms with van der Waals surface area (Å²) in [5.74, 6) is 0.605. The van der Waals surface area contributed by atoms with Crippen LogP contribution < -0.4 is 5.32 Å². The number of ketones is 1. The molecule has 1 rings (SSSR count). The van der Waals surface area contributed by atoms with Gasteiger partial charge in [-0.25, -0.2) is 0 Å². The van der Waals surface area contributed by atoms with Crippen molar-refractivity contribution in [2.45, 2.75) is 6.92 Å². The van der Waals surface area contributed by atoms with Gasteiger partial charge in [0.05, 0.1) is 11.5 Å². The van der Waals surface area contributed by atoms with Crippen LogP contribution in [0.25, 0.3) is 0 Å². The van der Waals surface area contributed by atoms with Crippen molar-refractivity contribution in [2.75, 3.05) is 16.8 Å². The van der Waals surface area contributed by atoms with Gasteiger partial charge in [0, 0.05) is 10.7 Å². The second-order valence-corrected chi connectivity index (χ2v) is 4.67. The van der Waals surface area contributed by atoms with Crippen LogP contribution in [0.2, 0.25) is 5.02 Å². The maximum atomic E-state index is 11.4. The topological polar surface area (TPSA) is 46.2 Å². The molecule has 16 heavy (non-hydrogen) atoms. The molecule has 5 heteroatoms. The Morgan fingerprint density at radius 3 is 2.44 bits per heavy atom. The number of anilines is 1. The smallest absolute Gasteiger partial charge is 0.234 e. The summed E-state index contributed by atoms with van der Waals surface area (Å²) in [5.41, 5.74) is 0.706. The summed E-state index contributed by atoms with van der Waals surface area (Å²) in [6.45, 7) is 1.50. The van der Waals surface area contributed by atoms with Gasteiger partial charge in [-0.05, 0) is 31.2 Å². The van der Waals surface area contributed by atoms with E-state index in [4.69, 9.17) is 11.6 Å². The third kappa shape index (κ3) is 5.19. The minimum Gasteiger partial charge on any atom is -0.325 e. The molecule has 0 heterocycles. The predicted octanol–water partition coefficient (Wildman–Crippen LogP) is 2.60. The van der Waals surface area contributed by atoms with Gasteiger partial charge >= 0.3 is 0 Å². The number of halogens is 1. The van der Waals surface area contributed by atoms with Crippen LogP contribution in [0.15, 0.2) is 24.3 Å². The van der Waals surface area contributed by atoms with Gasteiger partial charge in [-0.3, -0.25) is 9.59 Å². The number of hydrogen-bond acceptors (Lipinski definition) is 3. The van der Waals surface area contributed by atoms with Crippen molar-refractivity contribution in [1.29, 1.82) is 0 Å². The Morgan fingerprint density at radius 2 is 1.88 bits per heavy atom. The molecule has 3 nitrogen and oxygen atoms in total. The van der Waals surface area contributed by atoms with E-state index in [9.17, 15) is 9.59 Å². The van der Waals surface area contributed by atoms with Crippen molar-refractivity contribution >= 4 is 40.7 Å². The third-order valence-electron chi connectivity index (χ3n) is 1.67. The highest BCUT2D eigenvalue weighted by atomic mass is 35.5. The number of carbonyl (C=O) groups excluding carboxylic acids is 2. The molecule has 0 radical (unpaired) electrons. The standard InChI is InChI=1S/C11H12ClNO2S/c1-8(14)6-16-7-11(15)13-10-4-2-9(12)3-5-10/h2-5H,6-7H2,1H3,(H,13,15). The van der Waals surface area contributed by atoms with Crippen LogP contribution in [-0.2, 0) is 9.59 Å². The fraction of sp³-hybridized carbons (Fsp3) is 0.273. The van der Waals surface area contributed by atoms with Crippen LogP contribution >= 0.6 is 23.4 Å². The highest BCUT2D eigenvalue weighted by Gasteiger charge is 2.03. The first kappa shape index (κ1) is 13.1. The average molecular weight is 258 g/mol. The molecule has 0 atom stereocenters. The number of nitrogens with one attached hydrogen (secondary N) is 1. The highest BCUT2D eigenvalue weighted by Crippen LogP contribution is 2.13. The van der Waals surface area contributed by atoms with Gasteiger partial charge in [0.1, 0.15) is 5.78 Å².